The van der Waals surface area contributed by atoms with Crippen molar-refractivity contribution in [2.45, 2.75) is 6.04 Å². The van der Waals surface area contributed by atoms with E-state index in [1.165, 1.54) is 6.07 Å². The second-order valence-electron chi connectivity index (χ2n) is 4.46. The van der Waals surface area contributed by atoms with Gasteiger partial charge in [-0.05, 0) is 0 Å². The van der Waals surface area contributed by atoms with Gasteiger partial charge in [-0.1, -0.05) is 0 Å². The largest absolute Gasteiger partial charge is 0.394 e. The zero-order valence-corrected chi connectivity index (χ0v) is 10.5. The number of aliphatic hydroxyl groups is 1. The second kappa shape index (κ2) is 5.94. The third-order valence-corrected chi connectivity index (χ3v) is 3.16. The lowest BCUT2D eigenvalue weighted by molar-refractivity contribution is -0.133. The van der Waals surface area contributed by atoms with Crippen molar-refractivity contribution in [1.82, 2.24) is 9.88 Å². The highest BCUT2D eigenvalue weighted by Gasteiger charge is 2.25. The first kappa shape index (κ1) is 13.7. The lowest BCUT2D eigenvalue weighted by atomic mass is 10.2. The molecule has 1 atom stereocenters. The van der Waals surface area contributed by atoms with Gasteiger partial charge in [0.05, 0.1) is 24.7 Å². The summed E-state index contributed by atoms with van der Waals surface area (Å²) in [7, 11) is 0. The van der Waals surface area contributed by atoms with E-state index < -0.39 is 6.04 Å². The lowest BCUT2D eigenvalue weighted by Gasteiger charge is -2.36. The Labute approximate surface area is 110 Å². The molecule has 1 aliphatic rings. The van der Waals surface area contributed by atoms with E-state index >= 15 is 0 Å². The van der Waals surface area contributed by atoms with Crippen LogP contribution >= 0.6 is 0 Å². The van der Waals surface area contributed by atoms with Gasteiger partial charge in [0.2, 0.25) is 5.91 Å². The van der Waals surface area contributed by atoms with Gasteiger partial charge in [0.1, 0.15) is 11.9 Å². The number of rotatable bonds is 3. The summed E-state index contributed by atoms with van der Waals surface area (Å²) < 4.78 is 13.1. The fraction of sp³-hybridized carbons (Fsp3) is 0.500. The normalized spacial score (nSPS) is 17.4. The minimum atomic E-state index is -0.859. The zero-order valence-electron chi connectivity index (χ0n) is 10.5. The molecule has 1 aromatic heterocycles. The standard InChI is InChI=1S/C12H17FN4O2/c13-9-5-10(7-15-6-9)16-1-3-17(4-2-16)12(19)11(14)8-18/h5-7,11,18H,1-4,8,14H2/t11-/m1/s1. The molecule has 0 bridgehead atoms. The number of hydrogen-bond donors (Lipinski definition) is 2. The van der Waals surface area contributed by atoms with E-state index in [0.29, 0.717) is 31.9 Å². The van der Waals surface area contributed by atoms with Gasteiger partial charge in [-0.25, -0.2) is 4.39 Å². The quantitative estimate of drug-likeness (QED) is 0.749. The van der Waals surface area contributed by atoms with Gasteiger partial charge >= 0.3 is 0 Å². The molecular weight excluding hydrogens is 251 g/mol. The van der Waals surface area contributed by atoms with E-state index in [9.17, 15) is 9.18 Å². The van der Waals surface area contributed by atoms with Gasteiger partial charge in [-0.2, -0.15) is 0 Å². The molecule has 1 aromatic rings. The smallest absolute Gasteiger partial charge is 0.241 e. The summed E-state index contributed by atoms with van der Waals surface area (Å²) in [4.78, 5) is 19.2. The summed E-state index contributed by atoms with van der Waals surface area (Å²) in [6, 6.07) is 0.562. The van der Waals surface area contributed by atoms with Crippen LogP contribution in [0.25, 0.3) is 0 Å². The van der Waals surface area contributed by atoms with Gasteiger partial charge < -0.3 is 20.6 Å². The van der Waals surface area contributed by atoms with Crippen molar-refractivity contribution in [2.75, 3.05) is 37.7 Å². The molecule has 104 valence electrons. The molecule has 0 unspecified atom stereocenters. The average molecular weight is 268 g/mol. The minimum absolute atomic E-state index is 0.250. The summed E-state index contributed by atoms with van der Waals surface area (Å²) in [5, 5.41) is 8.86. The Balaban J connectivity index is 1.94. The molecule has 7 heteroatoms. The molecule has 1 saturated heterocycles. The van der Waals surface area contributed by atoms with Crippen LogP contribution in [0.5, 0.6) is 0 Å². The number of hydrogen-bond acceptors (Lipinski definition) is 5. The van der Waals surface area contributed by atoms with E-state index in [1.807, 2.05) is 4.90 Å². The molecule has 2 rings (SSSR count). The zero-order chi connectivity index (χ0) is 13.8. The first-order valence-electron chi connectivity index (χ1n) is 6.12. The van der Waals surface area contributed by atoms with Crippen molar-refractivity contribution in [2.24, 2.45) is 5.73 Å². The Morgan fingerprint density at radius 3 is 2.68 bits per heavy atom. The summed E-state index contributed by atoms with van der Waals surface area (Å²) in [5.74, 6) is -0.627. The first-order chi connectivity index (χ1) is 9.11. The molecule has 0 radical (unpaired) electrons. The predicted molar refractivity (Wildman–Crippen MR) is 68.0 cm³/mol. The number of carbonyl (C=O) groups is 1. The van der Waals surface area contributed by atoms with E-state index in [-0.39, 0.29) is 18.3 Å². The molecule has 0 aromatic carbocycles. The topological polar surface area (TPSA) is 82.7 Å². The van der Waals surface area contributed by atoms with Gasteiger partial charge in [-0.15, -0.1) is 0 Å². The van der Waals surface area contributed by atoms with Crippen LogP contribution in [-0.2, 0) is 4.79 Å². The van der Waals surface area contributed by atoms with E-state index in [1.54, 1.807) is 11.1 Å². The van der Waals surface area contributed by atoms with Crippen LogP contribution in [0.4, 0.5) is 10.1 Å². The van der Waals surface area contributed by atoms with Gasteiger partial charge in [-0.3, -0.25) is 9.78 Å². The Morgan fingerprint density at radius 2 is 2.11 bits per heavy atom. The van der Waals surface area contributed by atoms with Gasteiger partial charge in [0, 0.05) is 32.2 Å². The van der Waals surface area contributed by atoms with Crippen LogP contribution in [0.3, 0.4) is 0 Å². The van der Waals surface area contributed by atoms with Crippen molar-refractivity contribution in [3.05, 3.63) is 24.3 Å². The maximum atomic E-state index is 13.1. The van der Waals surface area contributed by atoms with E-state index in [2.05, 4.69) is 4.98 Å². The number of nitrogens with two attached hydrogens (primary N) is 1. The monoisotopic (exact) mass is 268 g/mol. The first-order valence-corrected chi connectivity index (χ1v) is 6.12. The van der Waals surface area contributed by atoms with Gasteiger partial charge in [0.15, 0.2) is 0 Å². The molecular formula is C12H17FN4O2. The Hall–Kier alpha value is -1.73. The van der Waals surface area contributed by atoms with Crippen molar-refractivity contribution in [1.29, 1.82) is 0 Å². The SMILES string of the molecule is N[C@H](CO)C(=O)N1CCN(c2cncc(F)c2)CC1. The van der Waals surface area contributed by atoms with Crippen LogP contribution < -0.4 is 10.6 Å². The molecule has 19 heavy (non-hydrogen) atoms. The maximum absolute atomic E-state index is 13.1. The van der Waals surface area contributed by atoms with Crippen LogP contribution in [0.15, 0.2) is 18.5 Å². The fourth-order valence-electron chi connectivity index (χ4n) is 2.07. The number of anilines is 1. The highest BCUT2D eigenvalue weighted by atomic mass is 19.1. The molecule has 1 fully saturated rings. The van der Waals surface area contributed by atoms with Crippen LogP contribution in [0.1, 0.15) is 0 Å². The molecule has 0 aliphatic carbocycles. The van der Waals surface area contributed by atoms with Crippen molar-refractivity contribution in [3.8, 4) is 0 Å². The highest BCUT2D eigenvalue weighted by Crippen LogP contribution is 2.16. The maximum Gasteiger partial charge on any atom is 0.241 e. The van der Waals surface area contributed by atoms with Crippen molar-refractivity contribution >= 4 is 11.6 Å². The number of amides is 1. The van der Waals surface area contributed by atoms with Gasteiger partial charge in [0.25, 0.3) is 0 Å². The summed E-state index contributed by atoms with van der Waals surface area (Å²) in [6.07, 6.45) is 2.75. The number of nitrogens with zero attached hydrogens (tertiary/aromatic N) is 3. The molecule has 1 aliphatic heterocycles. The van der Waals surface area contributed by atoms with E-state index in [0.717, 1.165) is 6.20 Å². The highest BCUT2D eigenvalue weighted by molar-refractivity contribution is 5.82. The molecule has 0 spiro atoms. The third kappa shape index (κ3) is 3.18. The van der Waals surface area contributed by atoms with Crippen LogP contribution in [-0.4, -0.2) is 59.7 Å². The number of aromatic nitrogens is 1. The van der Waals surface area contributed by atoms with E-state index in [4.69, 9.17) is 10.8 Å². The summed E-state index contributed by atoms with van der Waals surface area (Å²) >= 11 is 0. The molecule has 0 saturated carbocycles. The molecule has 2 heterocycles. The second-order valence-corrected chi connectivity index (χ2v) is 4.46. The molecule has 3 N–H and O–H groups in total. The average Bonchev–Trinajstić information content (AvgIpc) is 2.46. The Morgan fingerprint density at radius 1 is 1.42 bits per heavy atom. The number of halogens is 1. The lowest BCUT2D eigenvalue weighted by Crippen LogP contribution is -2.54. The number of aliphatic hydroxyl groups excluding tert-OH is 1. The molecule has 6 nitrogen and oxygen atoms in total. The van der Waals surface area contributed by atoms with Crippen molar-refractivity contribution in [3.63, 3.8) is 0 Å². The fourth-order valence-corrected chi connectivity index (χ4v) is 2.07. The predicted octanol–water partition coefficient (Wildman–Crippen LogP) is -0.811. The third-order valence-electron chi connectivity index (χ3n) is 3.16. The van der Waals surface area contributed by atoms with Crippen molar-refractivity contribution < 1.29 is 14.3 Å². The number of pyridine rings is 1. The Bertz CT molecular complexity index is 449. The molecule has 1 amide bonds. The number of piperazine rings is 1. The Kier molecular flexibility index (Phi) is 4.28. The summed E-state index contributed by atoms with van der Waals surface area (Å²) in [5.41, 5.74) is 6.21. The van der Waals surface area contributed by atoms with Crippen LogP contribution in [0.2, 0.25) is 0 Å². The minimum Gasteiger partial charge on any atom is -0.394 e. The summed E-state index contributed by atoms with van der Waals surface area (Å²) in [6.45, 7) is 1.84. The van der Waals surface area contributed by atoms with Crippen LogP contribution in [0, 0.1) is 5.82 Å². The number of carbonyl (C=O) groups excluding carboxylic acids is 1.